The van der Waals surface area contributed by atoms with Gasteiger partial charge in [0.1, 0.15) is 5.65 Å². The number of aromatic amines is 1. The van der Waals surface area contributed by atoms with E-state index in [1.807, 2.05) is 24.4 Å². The highest BCUT2D eigenvalue weighted by Gasteiger charge is 2.27. The summed E-state index contributed by atoms with van der Waals surface area (Å²) >= 11 is 0. The molecular formula is C27H27N3O. The number of hydrogen-bond donors (Lipinski definition) is 1. The lowest BCUT2D eigenvalue weighted by atomic mass is 9.86. The lowest BCUT2D eigenvalue weighted by Crippen LogP contribution is -2.38. The summed E-state index contributed by atoms with van der Waals surface area (Å²) < 4.78 is 0. The van der Waals surface area contributed by atoms with Crippen LogP contribution in [0.1, 0.15) is 47.8 Å². The van der Waals surface area contributed by atoms with E-state index in [0.717, 1.165) is 31.6 Å². The summed E-state index contributed by atoms with van der Waals surface area (Å²) in [5.74, 6) is 0.810. The fourth-order valence-electron chi connectivity index (χ4n) is 4.86. The van der Waals surface area contributed by atoms with Crippen LogP contribution in [0.4, 0.5) is 0 Å². The average molecular weight is 410 g/mol. The Balaban J connectivity index is 1.28. The van der Waals surface area contributed by atoms with Gasteiger partial charge in [-0.15, -0.1) is 0 Å². The number of amides is 1. The van der Waals surface area contributed by atoms with Gasteiger partial charge in [-0.1, -0.05) is 60.7 Å². The molecule has 2 aromatic carbocycles. The van der Waals surface area contributed by atoms with Gasteiger partial charge in [-0.2, -0.15) is 0 Å². The Kier molecular flexibility index (Phi) is 5.53. The standard InChI is InChI=1S/C27H27N3O/c31-26(18-24(20-8-3-1-4-9-20)21-10-5-2-6-11-21)30-16-13-22(14-17-30)25-19-29-27-23(25)12-7-15-28-27/h1-12,15,19,22,24H,13-14,16-18H2,(H,28,29). The number of rotatable bonds is 5. The van der Waals surface area contributed by atoms with Crippen LogP contribution in [0.25, 0.3) is 11.0 Å². The molecule has 3 heterocycles. The minimum absolute atomic E-state index is 0.0901. The van der Waals surface area contributed by atoms with E-state index in [2.05, 4.69) is 75.7 Å². The second kappa shape index (κ2) is 8.76. The number of aromatic nitrogens is 2. The molecule has 1 aliphatic heterocycles. The molecule has 4 nitrogen and oxygen atoms in total. The highest BCUT2D eigenvalue weighted by molar-refractivity contribution is 5.80. The van der Waals surface area contributed by atoms with Crippen LogP contribution in [-0.2, 0) is 4.79 Å². The molecule has 4 aromatic rings. The van der Waals surface area contributed by atoms with E-state index in [-0.39, 0.29) is 11.8 Å². The first-order chi connectivity index (χ1) is 15.3. The highest BCUT2D eigenvalue weighted by Crippen LogP contribution is 2.34. The minimum Gasteiger partial charge on any atom is -0.346 e. The molecule has 0 radical (unpaired) electrons. The SMILES string of the molecule is O=C(CC(c1ccccc1)c1ccccc1)N1CCC(c2c[nH]c3ncccc23)CC1. The fourth-order valence-corrected chi connectivity index (χ4v) is 4.86. The molecule has 5 rings (SSSR count). The first-order valence-corrected chi connectivity index (χ1v) is 11.1. The van der Waals surface area contributed by atoms with E-state index in [4.69, 9.17) is 0 Å². The number of carbonyl (C=O) groups is 1. The summed E-state index contributed by atoms with van der Waals surface area (Å²) in [5, 5.41) is 1.21. The van der Waals surface area contributed by atoms with Gasteiger partial charge in [0.15, 0.2) is 0 Å². The number of likely N-dealkylation sites (tertiary alicyclic amines) is 1. The smallest absolute Gasteiger partial charge is 0.223 e. The van der Waals surface area contributed by atoms with Crippen molar-refractivity contribution in [3.8, 4) is 0 Å². The summed E-state index contributed by atoms with van der Waals surface area (Å²) in [5.41, 5.74) is 4.68. The minimum atomic E-state index is 0.0901. The molecular weight excluding hydrogens is 382 g/mol. The maximum Gasteiger partial charge on any atom is 0.223 e. The Morgan fingerprint density at radius 1 is 0.935 bits per heavy atom. The Morgan fingerprint density at radius 3 is 2.23 bits per heavy atom. The number of benzene rings is 2. The fraction of sp³-hybridized carbons (Fsp3) is 0.259. The third-order valence-electron chi connectivity index (χ3n) is 6.55. The maximum atomic E-state index is 13.3. The second-order valence-corrected chi connectivity index (χ2v) is 8.38. The van der Waals surface area contributed by atoms with E-state index in [0.29, 0.717) is 12.3 Å². The van der Waals surface area contributed by atoms with Crippen LogP contribution in [-0.4, -0.2) is 33.9 Å². The summed E-state index contributed by atoms with van der Waals surface area (Å²) in [6, 6.07) is 24.9. The zero-order chi connectivity index (χ0) is 21.0. The van der Waals surface area contributed by atoms with E-state index >= 15 is 0 Å². The molecule has 4 heteroatoms. The molecule has 1 saturated heterocycles. The molecule has 2 aromatic heterocycles. The van der Waals surface area contributed by atoms with Gasteiger partial charge in [0.05, 0.1) is 0 Å². The summed E-state index contributed by atoms with van der Waals surface area (Å²) in [6.45, 7) is 1.62. The van der Waals surface area contributed by atoms with Crippen LogP contribution >= 0.6 is 0 Å². The van der Waals surface area contributed by atoms with E-state index < -0.39 is 0 Å². The molecule has 0 bridgehead atoms. The predicted molar refractivity (Wildman–Crippen MR) is 124 cm³/mol. The van der Waals surface area contributed by atoms with Crippen molar-refractivity contribution in [2.75, 3.05) is 13.1 Å². The number of hydrogen-bond acceptors (Lipinski definition) is 2. The van der Waals surface area contributed by atoms with Gasteiger partial charge >= 0.3 is 0 Å². The molecule has 0 aliphatic carbocycles. The molecule has 0 atom stereocenters. The van der Waals surface area contributed by atoms with Gasteiger partial charge in [0, 0.05) is 43.2 Å². The van der Waals surface area contributed by atoms with Crippen LogP contribution in [0.15, 0.2) is 85.2 Å². The zero-order valence-electron chi connectivity index (χ0n) is 17.6. The molecule has 1 amide bonds. The molecule has 0 unspecified atom stereocenters. The topological polar surface area (TPSA) is 49.0 Å². The van der Waals surface area contributed by atoms with Crippen molar-refractivity contribution in [3.63, 3.8) is 0 Å². The third kappa shape index (κ3) is 4.11. The van der Waals surface area contributed by atoms with E-state index in [9.17, 15) is 4.79 Å². The quantitative estimate of drug-likeness (QED) is 0.474. The molecule has 1 fully saturated rings. The normalized spacial score (nSPS) is 14.9. The Hall–Kier alpha value is -3.40. The van der Waals surface area contributed by atoms with Crippen LogP contribution in [0.3, 0.4) is 0 Å². The van der Waals surface area contributed by atoms with Crippen molar-refractivity contribution in [3.05, 3.63) is 102 Å². The summed E-state index contributed by atoms with van der Waals surface area (Å²) in [7, 11) is 0. The number of fused-ring (bicyclic) bond motifs is 1. The second-order valence-electron chi connectivity index (χ2n) is 8.38. The number of H-pyrrole nitrogens is 1. The van der Waals surface area contributed by atoms with Crippen LogP contribution < -0.4 is 0 Å². The van der Waals surface area contributed by atoms with Gasteiger partial charge in [-0.05, 0) is 47.6 Å². The molecule has 156 valence electrons. The first kappa shape index (κ1) is 19.6. The largest absolute Gasteiger partial charge is 0.346 e. The van der Waals surface area contributed by atoms with Crippen molar-refractivity contribution < 1.29 is 4.79 Å². The number of pyridine rings is 1. The van der Waals surface area contributed by atoms with Crippen molar-refractivity contribution >= 4 is 16.9 Å². The number of piperidine rings is 1. The van der Waals surface area contributed by atoms with Crippen molar-refractivity contribution in [2.45, 2.75) is 31.1 Å². The monoisotopic (exact) mass is 409 g/mol. The molecule has 1 aliphatic rings. The number of nitrogens with one attached hydrogen (secondary N) is 1. The van der Waals surface area contributed by atoms with Crippen molar-refractivity contribution in [1.29, 1.82) is 0 Å². The molecule has 31 heavy (non-hydrogen) atoms. The number of carbonyl (C=O) groups excluding carboxylic acids is 1. The van der Waals surface area contributed by atoms with E-state index in [1.54, 1.807) is 0 Å². The maximum absolute atomic E-state index is 13.3. The Labute approximate surface area is 182 Å². The van der Waals surface area contributed by atoms with Gasteiger partial charge in [-0.3, -0.25) is 4.79 Å². The van der Waals surface area contributed by atoms with Crippen LogP contribution in [0.2, 0.25) is 0 Å². The predicted octanol–water partition coefficient (Wildman–Crippen LogP) is 5.49. The summed E-state index contributed by atoms with van der Waals surface area (Å²) in [6.07, 6.45) is 6.42. The Morgan fingerprint density at radius 2 is 1.58 bits per heavy atom. The lowest BCUT2D eigenvalue weighted by molar-refractivity contribution is -0.132. The van der Waals surface area contributed by atoms with Gasteiger partial charge in [-0.25, -0.2) is 4.98 Å². The van der Waals surface area contributed by atoms with Crippen LogP contribution in [0, 0.1) is 0 Å². The zero-order valence-corrected chi connectivity index (χ0v) is 17.6. The third-order valence-corrected chi connectivity index (χ3v) is 6.55. The first-order valence-electron chi connectivity index (χ1n) is 11.1. The van der Waals surface area contributed by atoms with Crippen molar-refractivity contribution in [1.82, 2.24) is 14.9 Å². The van der Waals surface area contributed by atoms with Gasteiger partial charge in [0.2, 0.25) is 5.91 Å². The molecule has 1 N–H and O–H groups in total. The van der Waals surface area contributed by atoms with Crippen LogP contribution in [0.5, 0.6) is 0 Å². The Bertz CT molecular complexity index is 1110. The molecule has 0 spiro atoms. The highest BCUT2D eigenvalue weighted by atomic mass is 16.2. The lowest BCUT2D eigenvalue weighted by Gasteiger charge is -2.33. The number of nitrogens with zero attached hydrogens (tertiary/aromatic N) is 2. The van der Waals surface area contributed by atoms with Crippen molar-refractivity contribution in [2.24, 2.45) is 0 Å². The molecule has 0 saturated carbocycles. The van der Waals surface area contributed by atoms with Gasteiger partial charge < -0.3 is 9.88 Å². The van der Waals surface area contributed by atoms with E-state index in [1.165, 1.54) is 22.1 Å². The average Bonchev–Trinajstić information content (AvgIpc) is 3.28. The summed E-state index contributed by atoms with van der Waals surface area (Å²) in [4.78, 5) is 23.0. The van der Waals surface area contributed by atoms with Gasteiger partial charge in [0.25, 0.3) is 0 Å².